The molecule has 1 unspecified atom stereocenters. The lowest BCUT2D eigenvalue weighted by Gasteiger charge is -2.16. The van der Waals surface area contributed by atoms with Crippen LogP contribution in [0.15, 0.2) is 36.4 Å². The van der Waals surface area contributed by atoms with Crippen LogP contribution in [-0.2, 0) is 12.7 Å². The third kappa shape index (κ3) is 5.83. The molecule has 0 saturated carbocycles. The maximum Gasteiger partial charge on any atom is 0.433 e. The fourth-order valence-electron chi connectivity index (χ4n) is 2.77. The Bertz CT molecular complexity index is 843. The molecule has 1 aromatic carbocycles. The molecule has 3 rings (SSSR count). The molecule has 1 saturated heterocycles. The van der Waals surface area contributed by atoms with Gasteiger partial charge in [0.2, 0.25) is 5.88 Å². The van der Waals surface area contributed by atoms with Gasteiger partial charge in [-0.25, -0.2) is 9.37 Å². The first-order chi connectivity index (χ1) is 13.8. The first-order valence-electron chi connectivity index (χ1n) is 8.96. The van der Waals surface area contributed by atoms with E-state index in [1.807, 2.05) is 0 Å². The zero-order chi connectivity index (χ0) is 21.6. The lowest BCUT2D eigenvalue weighted by atomic mass is 10.2. The molecule has 0 aliphatic carbocycles. The number of likely N-dealkylation sites (tertiary alicyclic amines) is 1. The van der Waals surface area contributed by atoms with Crippen molar-refractivity contribution in [2.24, 2.45) is 5.73 Å². The number of halogens is 4. The van der Waals surface area contributed by atoms with Crippen molar-refractivity contribution in [2.45, 2.75) is 32.2 Å². The van der Waals surface area contributed by atoms with E-state index >= 15 is 0 Å². The molecule has 1 aromatic heterocycles. The molecule has 1 atom stereocenters. The van der Waals surface area contributed by atoms with Crippen LogP contribution in [0.5, 0.6) is 11.6 Å². The highest BCUT2D eigenvalue weighted by molar-refractivity contribution is 5.94. The van der Waals surface area contributed by atoms with Gasteiger partial charge in [-0.1, -0.05) is 6.07 Å². The van der Waals surface area contributed by atoms with Gasteiger partial charge in [-0.05, 0) is 36.2 Å². The molecule has 1 aliphatic rings. The van der Waals surface area contributed by atoms with Crippen LogP contribution in [-0.4, -0.2) is 35.1 Å². The van der Waals surface area contributed by atoms with Crippen molar-refractivity contribution in [1.29, 1.82) is 0 Å². The average Bonchev–Trinajstić information content (AvgIpc) is 3.14. The summed E-state index contributed by atoms with van der Waals surface area (Å²) < 4.78 is 57.6. The Morgan fingerprint density at radius 2 is 2.03 bits per heavy atom. The molecule has 2 aromatic rings. The van der Waals surface area contributed by atoms with Crippen molar-refractivity contribution in [3.05, 3.63) is 60.1 Å². The van der Waals surface area contributed by atoms with E-state index in [0.29, 0.717) is 6.54 Å². The standard InChI is InChI=1S/C18H17F4N3O2.C2H5/c19-13-4-5-25(10-13)17(26)12-2-1-3-14(8-12)27-16-7-11(9-23)6-15(24-16)18(20,21)22;1-2/h1-3,6-8,13H,4-5,9-10,23H2;1H2,2H3/q;+1. The van der Waals surface area contributed by atoms with Gasteiger partial charge < -0.3 is 15.4 Å². The molecule has 2 N–H and O–H groups in total. The summed E-state index contributed by atoms with van der Waals surface area (Å²) in [7, 11) is 0. The topological polar surface area (TPSA) is 68.5 Å². The van der Waals surface area contributed by atoms with Gasteiger partial charge in [0.25, 0.3) is 5.91 Å². The van der Waals surface area contributed by atoms with E-state index < -0.39 is 18.0 Å². The Hall–Kier alpha value is -2.81. The van der Waals surface area contributed by atoms with Crippen molar-refractivity contribution < 1.29 is 27.1 Å². The van der Waals surface area contributed by atoms with E-state index in [1.54, 1.807) is 6.92 Å². The fourth-order valence-corrected chi connectivity index (χ4v) is 2.77. The molecule has 0 radical (unpaired) electrons. The smallest absolute Gasteiger partial charge is 0.433 e. The number of alkyl halides is 4. The van der Waals surface area contributed by atoms with Gasteiger partial charge in [0.15, 0.2) is 0 Å². The quantitative estimate of drug-likeness (QED) is 0.598. The van der Waals surface area contributed by atoms with Crippen molar-refractivity contribution in [3.8, 4) is 11.6 Å². The summed E-state index contributed by atoms with van der Waals surface area (Å²) in [5, 5.41) is 0. The average molecular weight is 412 g/mol. The van der Waals surface area contributed by atoms with Gasteiger partial charge >= 0.3 is 6.18 Å². The lowest BCUT2D eigenvalue weighted by Crippen LogP contribution is -2.28. The second-order valence-corrected chi connectivity index (χ2v) is 6.17. The number of amides is 1. The number of nitrogens with two attached hydrogens (primary N) is 1. The van der Waals surface area contributed by atoms with Crippen molar-refractivity contribution in [1.82, 2.24) is 9.88 Å². The molecule has 156 valence electrons. The predicted octanol–water partition coefficient (Wildman–Crippen LogP) is 4.38. The van der Waals surface area contributed by atoms with Gasteiger partial charge in [-0.15, -0.1) is 0 Å². The Kier molecular flexibility index (Phi) is 7.44. The Balaban J connectivity index is 0.00000145. The summed E-state index contributed by atoms with van der Waals surface area (Å²) in [6, 6.07) is 8.10. The molecular formula is C20H22F4N3O2+. The molecule has 5 nitrogen and oxygen atoms in total. The second-order valence-electron chi connectivity index (χ2n) is 6.17. The summed E-state index contributed by atoms with van der Waals surface area (Å²) in [6.07, 6.45) is -5.39. The number of hydrogen-bond acceptors (Lipinski definition) is 4. The number of benzene rings is 1. The van der Waals surface area contributed by atoms with Gasteiger partial charge in [-0.3, -0.25) is 4.79 Å². The van der Waals surface area contributed by atoms with E-state index in [9.17, 15) is 22.4 Å². The largest absolute Gasteiger partial charge is 0.439 e. The van der Waals surface area contributed by atoms with Crippen molar-refractivity contribution in [2.75, 3.05) is 13.1 Å². The van der Waals surface area contributed by atoms with Crippen LogP contribution in [0.25, 0.3) is 0 Å². The van der Waals surface area contributed by atoms with Gasteiger partial charge in [0, 0.05) is 24.7 Å². The van der Waals surface area contributed by atoms with E-state index in [0.717, 1.165) is 6.07 Å². The number of rotatable bonds is 4. The Labute approximate surface area is 166 Å². The van der Waals surface area contributed by atoms with Crippen LogP contribution in [0.4, 0.5) is 17.6 Å². The Morgan fingerprint density at radius 1 is 1.31 bits per heavy atom. The summed E-state index contributed by atoms with van der Waals surface area (Å²) >= 11 is 0. The number of pyridine rings is 1. The van der Waals surface area contributed by atoms with Crippen LogP contribution < -0.4 is 10.5 Å². The first kappa shape index (κ1) is 22.5. The zero-order valence-electron chi connectivity index (χ0n) is 15.9. The van der Waals surface area contributed by atoms with Crippen molar-refractivity contribution in [3.63, 3.8) is 0 Å². The summed E-state index contributed by atoms with van der Waals surface area (Å²) in [5.74, 6) is -0.494. The van der Waals surface area contributed by atoms with Crippen molar-refractivity contribution >= 4 is 5.91 Å². The zero-order valence-corrected chi connectivity index (χ0v) is 15.9. The highest BCUT2D eigenvalue weighted by Gasteiger charge is 2.33. The number of nitrogens with zero attached hydrogens (tertiary/aromatic N) is 2. The molecule has 1 amide bonds. The maximum absolute atomic E-state index is 13.3. The number of aromatic nitrogens is 1. The monoisotopic (exact) mass is 412 g/mol. The van der Waals surface area contributed by atoms with Gasteiger partial charge in [0.05, 0.1) is 20.4 Å². The second kappa shape index (κ2) is 9.60. The molecule has 9 heteroatoms. The lowest BCUT2D eigenvalue weighted by molar-refractivity contribution is -0.141. The van der Waals surface area contributed by atoms with Gasteiger partial charge in [-0.2, -0.15) is 13.2 Å². The first-order valence-corrected chi connectivity index (χ1v) is 8.96. The van der Waals surface area contributed by atoms with Crippen LogP contribution in [0, 0.1) is 6.92 Å². The third-order valence-corrected chi connectivity index (χ3v) is 4.11. The summed E-state index contributed by atoms with van der Waals surface area (Å²) in [4.78, 5) is 17.3. The van der Waals surface area contributed by atoms with Crippen LogP contribution in [0.2, 0.25) is 0 Å². The van der Waals surface area contributed by atoms with E-state index in [-0.39, 0.29) is 48.2 Å². The van der Waals surface area contributed by atoms with E-state index in [1.165, 1.54) is 35.2 Å². The minimum Gasteiger partial charge on any atom is -0.439 e. The highest BCUT2D eigenvalue weighted by Crippen LogP contribution is 2.31. The Morgan fingerprint density at radius 3 is 2.62 bits per heavy atom. The predicted molar refractivity (Wildman–Crippen MR) is 100 cm³/mol. The SMILES string of the molecule is NCc1cc(Oc2cccc(C(=O)N3CCC(F)C3)c2)nc(C(F)(F)F)c1.[CH2+]C. The van der Waals surface area contributed by atoms with Crippen LogP contribution in [0.1, 0.15) is 35.0 Å². The van der Waals surface area contributed by atoms with Gasteiger partial charge in [0.1, 0.15) is 17.6 Å². The number of carbonyl (C=O) groups excluding carboxylic acids is 1. The van der Waals surface area contributed by atoms with Crippen LogP contribution in [0.3, 0.4) is 0 Å². The van der Waals surface area contributed by atoms with E-state index in [4.69, 9.17) is 10.5 Å². The molecule has 1 aliphatic heterocycles. The van der Waals surface area contributed by atoms with Crippen LogP contribution >= 0.6 is 0 Å². The highest BCUT2D eigenvalue weighted by atomic mass is 19.4. The maximum atomic E-state index is 13.3. The molecule has 0 bridgehead atoms. The fraction of sp³-hybridized carbons (Fsp3) is 0.350. The number of ether oxygens (including phenoxy) is 1. The molecule has 2 heterocycles. The molecule has 29 heavy (non-hydrogen) atoms. The minimum atomic E-state index is -4.64. The summed E-state index contributed by atoms with van der Waals surface area (Å²) in [5.41, 5.74) is 4.80. The summed E-state index contributed by atoms with van der Waals surface area (Å²) in [6.45, 7) is 5.24. The molecule has 1 fully saturated rings. The molecular weight excluding hydrogens is 390 g/mol. The normalized spacial score (nSPS) is 16.2. The third-order valence-electron chi connectivity index (χ3n) is 4.11. The minimum absolute atomic E-state index is 0.0267. The number of hydrogen-bond donors (Lipinski definition) is 1. The number of carbonyl (C=O) groups is 1. The van der Waals surface area contributed by atoms with E-state index in [2.05, 4.69) is 11.9 Å². The molecule has 0 spiro atoms.